The Hall–Kier alpha value is -1.35. The number of nitrogens with zero attached hydrogens (tertiary/aromatic N) is 7. The lowest BCUT2D eigenvalue weighted by Gasteiger charge is -2.42. The largest absolute Gasteiger partial charge is 0.305 e. The second-order valence-corrected chi connectivity index (χ2v) is 8.18. The molecule has 0 amide bonds. The van der Waals surface area contributed by atoms with E-state index in [1.165, 1.54) is 25.9 Å². The first kappa shape index (κ1) is 18.0. The number of likely N-dealkylation sites (N-methyl/N-ethyl adjacent to an activating group) is 1. The zero-order valence-corrected chi connectivity index (χ0v) is 16.8. The maximum Gasteiger partial charge on any atom is 0.170 e. The molecular formula is C18H26BrN7. The van der Waals surface area contributed by atoms with E-state index in [1.54, 1.807) is 0 Å². The Morgan fingerprint density at radius 3 is 2.69 bits per heavy atom. The summed E-state index contributed by atoms with van der Waals surface area (Å²) in [5.74, 6) is 0.891. The number of hydrogen-bond acceptors (Lipinski definition) is 6. The molecule has 2 aliphatic rings. The Morgan fingerprint density at radius 1 is 1.12 bits per heavy atom. The van der Waals surface area contributed by atoms with Gasteiger partial charge >= 0.3 is 0 Å². The van der Waals surface area contributed by atoms with Crippen LogP contribution < -0.4 is 0 Å². The maximum absolute atomic E-state index is 4.27. The fourth-order valence-electron chi connectivity index (χ4n) is 4.04. The minimum atomic E-state index is 0.724. The molecule has 2 fully saturated rings. The van der Waals surface area contributed by atoms with Crippen molar-refractivity contribution in [2.45, 2.75) is 25.4 Å². The Bertz CT molecular complexity index is 726. The summed E-state index contributed by atoms with van der Waals surface area (Å²) in [4.78, 5) is 7.59. The highest BCUT2D eigenvalue weighted by molar-refractivity contribution is 9.10. The van der Waals surface area contributed by atoms with Gasteiger partial charge in [0, 0.05) is 43.2 Å². The number of halogens is 1. The molecule has 0 aliphatic carbocycles. The Morgan fingerprint density at radius 2 is 1.92 bits per heavy atom. The molecule has 4 rings (SSSR count). The molecule has 0 spiro atoms. The number of rotatable bonds is 4. The smallest absolute Gasteiger partial charge is 0.170 e. The van der Waals surface area contributed by atoms with E-state index in [1.807, 2.05) is 28.9 Å². The van der Waals surface area contributed by atoms with Crippen molar-refractivity contribution in [3.63, 3.8) is 0 Å². The predicted molar refractivity (Wildman–Crippen MR) is 104 cm³/mol. The number of piperazine rings is 1. The van der Waals surface area contributed by atoms with Crippen molar-refractivity contribution in [3.8, 4) is 5.69 Å². The van der Waals surface area contributed by atoms with Gasteiger partial charge in [0.2, 0.25) is 0 Å². The van der Waals surface area contributed by atoms with Gasteiger partial charge in [0.15, 0.2) is 5.82 Å². The first-order valence-corrected chi connectivity index (χ1v) is 10.2. The minimum Gasteiger partial charge on any atom is -0.305 e. The van der Waals surface area contributed by atoms with Gasteiger partial charge < -0.3 is 4.90 Å². The van der Waals surface area contributed by atoms with Gasteiger partial charge in [-0.3, -0.25) is 9.80 Å². The van der Waals surface area contributed by atoms with Crippen LogP contribution in [-0.2, 0) is 6.54 Å². The van der Waals surface area contributed by atoms with E-state index in [4.69, 9.17) is 0 Å². The third-order valence-electron chi connectivity index (χ3n) is 5.50. The molecule has 26 heavy (non-hydrogen) atoms. The zero-order valence-electron chi connectivity index (χ0n) is 15.3. The summed E-state index contributed by atoms with van der Waals surface area (Å²) in [7, 11) is 2.24. The fraction of sp³-hybridized carbons (Fsp3) is 0.611. The van der Waals surface area contributed by atoms with Crippen molar-refractivity contribution in [1.29, 1.82) is 0 Å². The topological polar surface area (TPSA) is 53.3 Å². The van der Waals surface area contributed by atoms with Gasteiger partial charge in [0.05, 0.1) is 12.2 Å². The van der Waals surface area contributed by atoms with E-state index >= 15 is 0 Å². The maximum atomic E-state index is 4.27. The van der Waals surface area contributed by atoms with E-state index in [0.717, 1.165) is 54.8 Å². The van der Waals surface area contributed by atoms with E-state index in [2.05, 4.69) is 53.2 Å². The molecule has 1 aromatic heterocycles. The molecule has 0 radical (unpaired) electrons. The van der Waals surface area contributed by atoms with E-state index in [9.17, 15) is 0 Å². The standard InChI is InChI=1S/C18H26BrN7/c1-23-8-4-5-15(13-23)25-11-9-24(10-12-25)14-18-20-21-22-26(18)17-7-3-2-6-16(17)19/h2-3,6-7,15H,4-5,8-14H2,1H3. The number of aromatic nitrogens is 4. The van der Waals surface area contributed by atoms with Crippen LogP contribution in [0.1, 0.15) is 18.7 Å². The number of tetrazole rings is 1. The summed E-state index contributed by atoms with van der Waals surface area (Å²) in [6.07, 6.45) is 2.66. The van der Waals surface area contributed by atoms with Crippen molar-refractivity contribution >= 4 is 15.9 Å². The molecule has 0 bridgehead atoms. The predicted octanol–water partition coefficient (Wildman–Crippen LogP) is 1.64. The Kier molecular flexibility index (Phi) is 5.63. The highest BCUT2D eigenvalue weighted by Crippen LogP contribution is 2.21. The molecule has 3 heterocycles. The van der Waals surface area contributed by atoms with Crippen molar-refractivity contribution in [3.05, 3.63) is 34.6 Å². The van der Waals surface area contributed by atoms with Crippen LogP contribution >= 0.6 is 15.9 Å². The van der Waals surface area contributed by atoms with E-state index < -0.39 is 0 Å². The molecule has 2 aromatic rings. The summed E-state index contributed by atoms with van der Waals surface area (Å²) < 4.78 is 2.84. The van der Waals surface area contributed by atoms with Crippen LogP contribution in [0.2, 0.25) is 0 Å². The van der Waals surface area contributed by atoms with Gasteiger partial charge in [0.25, 0.3) is 0 Å². The van der Waals surface area contributed by atoms with Crippen molar-refractivity contribution in [2.24, 2.45) is 0 Å². The second-order valence-electron chi connectivity index (χ2n) is 7.33. The van der Waals surface area contributed by atoms with Gasteiger partial charge in [-0.25, -0.2) is 0 Å². The van der Waals surface area contributed by atoms with Crippen LogP contribution in [0.4, 0.5) is 0 Å². The number of piperidine rings is 1. The molecule has 140 valence electrons. The monoisotopic (exact) mass is 419 g/mol. The molecule has 1 unspecified atom stereocenters. The summed E-state index contributed by atoms with van der Waals surface area (Å²) in [6, 6.07) is 8.77. The average Bonchev–Trinajstić information content (AvgIpc) is 3.11. The molecule has 1 atom stereocenters. The summed E-state index contributed by atoms with van der Waals surface area (Å²) in [5, 5.41) is 12.4. The van der Waals surface area contributed by atoms with Gasteiger partial charge in [-0.1, -0.05) is 12.1 Å². The third-order valence-corrected chi connectivity index (χ3v) is 6.17. The molecule has 1 aromatic carbocycles. The normalized spacial score (nSPS) is 23.4. The minimum absolute atomic E-state index is 0.724. The Labute approximate surface area is 163 Å². The van der Waals surface area contributed by atoms with Gasteiger partial charge in [-0.05, 0) is 64.9 Å². The van der Waals surface area contributed by atoms with Crippen LogP contribution in [0.5, 0.6) is 0 Å². The molecule has 8 heteroatoms. The molecule has 0 N–H and O–H groups in total. The van der Waals surface area contributed by atoms with Crippen molar-refractivity contribution in [1.82, 2.24) is 34.9 Å². The average molecular weight is 420 g/mol. The van der Waals surface area contributed by atoms with Gasteiger partial charge in [-0.15, -0.1) is 5.10 Å². The van der Waals surface area contributed by atoms with Crippen LogP contribution in [0.3, 0.4) is 0 Å². The lowest BCUT2D eigenvalue weighted by Crippen LogP contribution is -2.54. The zero-order chi connectivity index (χ0) is 17.9. The number of para-hydroxylation sites is 1. The highest BCUT2D eigenvalue weighted by atomic mass is 79.9. The van der Waals surface area contributed by atoms with Crippen molar-refractivity contribution < 1.29 is 0 Å². The Balaban J connectivity index is 1.37. The third kappa shape index (κ3) is 3.98. The van der Waals surface area contributed by atoms with Crippen LogP contribution in [0, 0.1) is 0 Å². The number of hydrogen-bond donors (Lipinski definition) is 0. The molecular weight excluding hydrogens is 394 g/mol. The lowest BCUT2D eigenvalue weighted by molar-refractivity contribution is 0.0557. The quantitative estimate of drug-likeness (QED) is 0.750. The highest BCUT2D eigenvalue weighted by Gasteiger charge is 2.27. The van der Waals surface area contributed by atoms with Gasteiger partial charge in [-0.2, -0.15) is 4.68 Å². The van der Waals surface area contributed by atoms with Crippen LogP contribution in [0.15, 0.2) is 28.7 Å². The summed E-state index contributed by atoms with van der Waals surface area (Å²) >= 11 is 3.59. The fourth-order valence-corrected chi connectivity index (χ4v) is 4.49. The lowest BCUT2D eigenvalue weighted by atomic mass is 10.0. The summed E-state index contributed by atoms with van der Waals surface area (Å²) in [6.45, 7) is 7.65. The molecule has 7 nitrogen and oxygen atoms in total. The first-order valence-electron chi connectivity index (χ1n) is 9.38. The summed E-state index contributed by atoms with van der Waals surface area (Å²) in [5.41, 5.74) is 0.983. The van der Waals surface area contributed by atoms with Crippen LogP contribution in [0.25, 0.3) is 5.69 Å². The first-order chi connectivity index (χ1) is 12.7. The number of benzene rings is 1. The van der Waals surface area contributed by atoms with Crippen LogP contribution in [-0.4, -0.2) is 87.3 Å². The molecule has 2 saturated heterocycles. The van der Waals surface area contributed by atoms with E-state index in [0.29, 0.717) is 0 Å². The van der Waals surface area contributed by atoms with Gasteiger partial charge in [0.1, 0.15) is 0 Å². The molecule has 0 saturated carbocycles. The van der Waals surface area contributed by atoms with Crippen molar-refractivity contribution in [2.75, 3.05) is 46.3 Å². The number of likely N-dealkylation sites (tertiary alicyclic amines) is 1. The van der Waals surface area contributed by atoms with E-state index in [-0.39, 0.29) is 0 Å². The SMILES string of the molecule is CN1CCCC(N2CCN(Cc3nnnn3-c3ccccc3Br)CC2)C1. The second kappa shape index (κ2) is 8.12. The molecule has 2 aliphatic heterocycles.